The molecule has 1 fully saturated rings. The topological polar surface area (TPSA) is 12.0 Å². The highest BCUT2D eigenvalue weighted by molar-refractivity contribution is 7.99. The van der Waals surface area contributed by atoms with Crippen LogP contribution >= 0.6 is 11.8 Å². The lowest BCUT2D eigenvalue weighted by Crippen LogP contribution is -2.27. The highest BCUT2D eigenvalue weighted by Gasteiger charge is 2.23. The quantitative estimate of drug-likeness (QED) is 0.712. The van der Waals surface area contributed by atoms with Gasteiger partial charge in [-0.25, -0.2) is 0 Å². The number of benzene rings is 1. The molecule has 1 aliphatic carbocycles. The van der Waals surface area contributed by atoms with Crippen molar-refractivity contribution in [1.29, 1.82) is 0 Å². The molecule has 1 nitrogen and oxygen atoms in total. The molecule has 1 aromatic carbocycles. The summed E-state index contributed by atoms with van der Waals surface area (Å²) in [4.78, 5) is 0. The molecular weight excluding hydrogens is 250 g/mol. The fourth-order valence-electron chi connectivity index (χ4n) is 2.92. The summed E-state index contributed by atoms with van der Waals surface area (Å²) in [6.45, 7) is 3.47. The molecule has 19 heavy (non-hydrogen) atoms. The van der Waals surface area contributed by atoms with Crippen LogP contribution in [-0.4, -0.2) is 23.6 Å². The van der Waals surface area contributed by atoms with Crippen LogP contribution in [0.5, 0.6) is 0 Å². The van der Waals surface area contributed by atoms with Crippen molar-refractivity contribution < 1.29 is 0 Å². The van der Waals surface area contributed by atoms with E-state index >= 15 is 0 Å². The molecule has 0 radical (unpaired) electrons. The molecule has 0 amide bonds. The average molecular weight is 277 g/mol. The van der Waals surface area contributed by atoms with Crippen molar-refractivity contribution in [2.45, 2.75) is 56.7 Å². The van der Waals surface area contributed by atoms with Gasteiger partial charge in [-0.3, -0.25) is 0 Å². The van der Waals surface area contributed by atoms with E-state index in [4.69, 9.17) is 0 Å². The van der Waals surface area contributed by atoms with Gasteiger partial charge >= 0.3 is 0 Å². The third kappa shape index (κ3) is 5.58. The molecule has 2 atom stereocenters. The van der Waals surface area contributed by atoms with Gasteiger partial charge in [0.05, 0.1) is 0 Å². The van der Waals surface area contributed by atoms with Crippen molar-refractivity contribution in [2.24, 2.45) is 0 Å². The van der Waals surface area contributed by atoms with Gasteiger partial charge in [0.2, 0.25) is 0 Å². The van der Waals surface area contributed by atoms with Gasteiger partial charge in [-0.1, -0.05) is 37.3 Å². The first-order chi connectivity index (χ1) is 9.38. The Hall–Kier alpha value is -0.470. The molecule has 1 N–H and O–H groups in total. The van der Waals surface area contributed by atoms with E-state index in [0.29, 0.717) is 0 Å². The second-order valence-corrected chi connectivity index (χ2v) is 7.06. The van der Waals surface area contributed by atoms with Crippen LogP contribution in [0.3, 0.4) is 0 Å². The molecule has 0 heterocycles. The SMILES string of the molecule is CCSC1CCC(NCCCCc2ccccc2)C1. The van der Waals surface area contributed by atoms with Crippen molar-refractivity contribution in [3.63, 3.8) is 0 Å². The average Bonchev–Trinajstić information content (AvgIpc) is 2.88. The Kier molecular flexibility index (Phi) is 6.80. The lowest BCUT2D eigenvalue weighted by molar-refractivity contribution is 0.508. The van der Waals surface area contributed by atoms with Gasteiger partial charge in [0.15, 0.2) is 0 Å². The highest BCUT2D eigenvalue weighted by atomic mass is 32.2. The summed E-state index contributed by atoms with van der Waals surface area (Å²) < 4.78 is 0. The van der Waals surface area contributed by atoms with E-state index in [2.05, 4.69) is 54.3 Å². The minimum atomic E-state index is 0.792. The van der Waals surface area contributed by atoms with Crippen LogP contribution in [0.4, 0.5) is 0 Å². The van der Waals surface area contributed by atoms with Crippen LogP contribution in [0, 0.1) is 0 Å². The molecule has 1 saturated carbocycles. The van der Waals surface area contributed by atoms with Crippen LogP contribution in [0.15, 0.2) is 30.3 Å². The molecule has 1 aromatic rings. The zero-order chi connectivity index (χ0) is 13.3. The third-order valence-electron chi connectivity index (χ3n) is 3.95. The lowest BCUT2D eigenvalue weighted by Gasteiger charge is -2.12. The number of hydrogen-bond acceptors (Lipinski definition) is 2. The van der Waals surface area contributed by atoms with Crippen LogP contribution < -0.4 is 5.32 Å². The van der Waals surface area contributed by atoms with E-state index in [1.165, 1.54) is 56.4 Å². The van der Waals surface area contributed by atoms with Gasteiger partial charge in [-0.15, -0.1) is 0 Å². The number of hydrogen-bond donors (Lipinski definition) is 1. The van der Waals surface area contributed by atoms with Crippen molar-refractivity contribution >= 4 is 11.8 Å². The van der Waals surface area contributed by atoms with Crippen LogP contribution in [0.1, 0.15) is 44.6 Å². The molecule has 2 heteroatoms. The van der Waals surface area contributed by atoms with Gasteiger partial charge in [0, 0.05) is 11.3 Å². The number of rotatable bonds is 8. The monoisotopic (exact) mass is 277 g/mol. The highest BCUT2D eigenvalue weighted by Crippen LogP contribution is 2.29. The molecule has 2 rings (SSSR count). The Labute approximate surface area is 122 Å². The maximum absolute atomic E-state index is 3.74. The summed E-state index contributed by atoms with van der Waals surface area (Å²) in [6.07, 6.45) is 8.02. The molecular formula is C17H27NS. The first-order valence-electron chi connectivity index (χ1n) is 7.77. The molecule has 0 aromatic heterocycles. The Balaban J connectivity index is 1.51. The summed E-state index contributed by atoms with van der Waals surface area (Å²) in [5.74, 6) is 1.27. The predicted octanol–water partition coefficient (Wildman–Crippen LogP) is 4.27. The Morgan fingerprint density at radius 2 is 2.00 bits per heavy atom. The summed E-state index contributed by atoms with van der Waals surface area (Å²) in [5, 5.41) is 4.67. The number of aryl methyl sites for hydroxylation is 1. The van der Waals surface area contributed by atoms with Gasteiger partial charge < -0.3 is 5.32 Å². The maximum atomic E-state index is 3.74. The zero-order valence-corrected chi connectivity index (χ0v) is 12.9. The summed E-state index contributed by atoms with van der Waals surface area (Å²) in [7, 11) is 0. The van der Waals surface area contributed by atoms with Crippen LogP contribution in [0.25, 0.3) is 0 Å². The second-order valence-electron chi connectivity index (χ2n) is 5.48. The lowest BCUT2D eigenvalue weighted by atomic mass is 10.1. The predicted molar refractivity (Wildman–Crippen MR) is 86.9 cm³/mol. The van der Waals surface area contributed by atoms with E-state index in [9.17, 15) is 0 Å². The Bertz CT molecular complexity index is 338. The molecule has 106 valence electrons. The van der Waals surface area contributed by atoms with E-state index in [-0.39, 0.29) is 0 Å². The maximum Gasteiger partial charge on any atom is 0.00779 e. The number of thioether (sulfide) groups is 1. The van der Waals surface area contributed by atoms with Gasteiger partial charge in [0.1, 0.15) is 0 Å². The Morgan fingerprint density at radius 3 is 2.79 bits per heavy atom. The van der Waals surface area contributed by atoms with E-state index in [1.54, 1.807) is 0 Å². The van der Waals surface area contributed by atoms with Crippen LogP contribution in [-0.2, 0) is 6.42 Å². The molecule has 0 saturated heterocycles. The number of nitrogens with one attached hydrogen (secondary N) is 1. The van der Waals surface area contributed by atoms with Crippen molar-refractivity contribution in [1.82, 2.24) is 5.32 Å². The standard InChI is InChI=1S/C17H27NS/c1-2-19-17-12-11-16(14-17)18-13-7-6-10-15-8-4-3-5-9-15/h3-5,8-9,16-18H,2,6-7,10-14H2,1H3. The molecule has 1 aliphatic rings. The van der Waals surface area contributed by atoms with Crippen molar-refractivity contribution in [2.75, 3.05) is 12.3 Å². The fourth-order valence-corrected chi connectivity index (χ4v) is 4.06. The molecule has 2 unspecified atom stereocenters. The fraction of sp³-hybridized carbons (Fsp3) is 0.647. The number of unbranched alkanes of at least 4 members (excludes halogenated alkanes) is 1. The minimum absolute atomic E-state index is 0.792. The second kappa shape index (κ2) is 8.65. The molecule has 0 spiro atoms. The van der Waals surface area contributed by atoms with E-state index < -0.39 is 0 Å². The van der Waals surface area contributed by atoms with Crippen LogP contribution in [0.2, 0.25) is 0 Å². The smallest absolute Gasteiger partial charge is 0.00779 e. The largest absolute Gasteiger partial charge is 0.314 e. The van der Waals surface area contributed by atoms with Crippen molar-refractivity contribution in [3.8, 4) is 0 Å². The van der Waals surface area contributed by atoms with E-state index in [0.717, 1.165) is 11.3 Å². The minimum Gasteiger partial charge on any atom is -0.314 e. The normalized spacial score (nSPS) is 22.8. The first kappa shape index (κ1) is 14.9. The van der Waals surface area contributed by atoms with E-state index in [1.807, 2.05) is 0 Å². The van der Waals surface area contributed by atoms with Gasteiger partial charge in [0.25, 0.3) is 0 Å². The summed E-state index contributed by atoms with van der Waals surface area (Å²) >= 11 is 2.14. The Morgan fingerprint density at radius 1 is 1.16 bits per heavy atom. The third-order valence-corrected chi connectivity index (χ3v) is 5.19. The van der Waals surface area contributed by atoms with Gasteiger partial charge in [-0.05, 0) is 56.4 Å². The van der Waals surface area contributed by atoms with Gasteiger partial charge in [-0.2, -0.15) is 11.8 Å². The van der Waals surface area contributed by atoms with Crippen molar-refractivity contribution in [3.05, 3.63) is 35.9 Å². The summed E-state index contributed by atoms with van der Waals surface area (Å²) in [5.41, 5.74) is 1.47. The molecule has 0 bridgehead atoms. The first-order valence-corrected chi connectivity index (χ1v) is 8.82. The zero-order valence-electron chi connectivity index (χ0n) is 12.1. The summed E-state index contributed by atoms with van der Waals surface area (Å²) in [6, 6.07) is 11.6. The molecule has 0 aliphatic heterocycles.